The van der Waals surface area contributed by atoms with E-state index in [1.807, 2.05) is 30.3 Å². The first-order valence-electron chi connectivity index (χ1n) is 9.55. The number of fused-ring (bicyclic) bond motifs is 1. The van der Waals surface area contributed by atoms with Crippen molar-refractivity contribution in [2.45, 2.75) is 12.5 Å². The number of amides is 1. The molecule has 0 bridgehead atoms. The normalized spacial score (nSPS) is 17.7. The molecule has 2 heterocycles. The monoisotopic (exact) mass is 427 g/mol. The van der Waals surface area contributed by atoms with Gasteiger partial charge in [-0.15, -0.1) is 0 Å². The number of rotatable bonds is 5. The Balaban J connectivity index is 1.52. The summed E-state index contributed by atoms with van der Waals surface area (Å²) in [6.07, 6.45) is 0.438. The predicted octanol–water partition coefficient (Wildman–Crippen LogP) is 2.48. The van der Waals surface area contributed by atoms with E-state index in [0.717, 1.165) is 16.5 Å². The molecule has 1 aliphatic heterocycles. The molecule has 156 valence electrons. The van der Waals surface area contributed by atoms with Gasteiger partial charge in [0.1, 0.15) is 11.3 Å². The Morgan fingerprint density at radius 1 is 1.17 bits per heavy atom. The first-order chi connectivity index (χ1) is 14.3. The highest BCUT2D eigenvalue weighted by molar-refractivity contribution is 7.91. The molecule has 2 aromatic carbocycles. The lowest BCUT2D eigenvalue weighted by Crippen LogP contribution is -2.40. The van der Waals surface area contributed by atoms with Gasteiger partial charge in [0.25, 0.3) is 5.91 Å². The third kappa shape index (κ3) is 4.23. The Kier molecular flexibility index (Phi) is 5.34. The molecule has 1 amide bonds. The molecule has 3 aromatic rings. The van der Waals surface area contributed by atoms with E-state index in [4.69, 9.17) is 9.15 Å². The Morgan fingerprint density at radius 2 is 1.93 bits per heavy atom. The number of benzene rings is 2. The van der Waals surface area contributed by atoms with Crippen LogP contribution in [0.25, 0.3) is 22.1 Å². The molecule has 1 saturated heterocycles. The van der Waals surface area contributed by atoms with Gasteiger partial charge in [0.15, 0.2) is 16.4 Å². The van der Waals surface area contributed by atoms with Crippen LogP contribution in [-0.4, -0.2) is 50.4 Å². The predicted molar refractivity (Wildman–Crippen MR) is 113 cm³/mol. The number of hydrogen-bond acceptors (Lipinski definition) is 6. The van der Waals surface area contributed by atoms with E-state index in [2.05, 4.69) is 0 Å². The van der Waals surface area contributed by atoms with Gasteiger partial charge in [-0.2, -0.15) is 0 Å². The summed E-state index contributed by atoms with van der Waals surface area (Å²) < 4.78 is 34.2. The summed E-state index contributed by atoms with van der Waals surface area (Å²) >= 11 is 0. The molecular formula is C22H21NO6S. The standard InChI is InChI=1S/C22H21NO6S/c1-23(16-9-10-30(26,27)14-16)21(24)13-28-17-7-8-18-19(15-5-3-2-4-6-15)12-22(25)29-20(18)11-17/h2-8,11-12,16H,9-10,13-14H2,1H3/t16-/m0/s1. The number of hydrogen-bond donors (Lipinski definition) is 0. The number of ether oxygens (including phenoxy) is 1. The van der Waals surface area contributed by atoms with Gasteiger partial charge >= 0.3 is 5.63 Å². The molecular weight excluding hydrogens is 406 g/mol. The lowest BCUT2D eigenvalue weighted by atomic mass is 10.0. The third-order valence-electron chi connectivity index (χ3n) is 5.31. The van der Waals surface area contributed by atoms with Crippen LogP contribution in [-0.2, 0) is 14.6 Å². The summed E-state index contributed by atoms with van der Waals surface area (Å²) in [6, 6.07) is 15.7. The highest BCUT2D eigenvalue weighted by Crippen LogP contribution is 2.29. The first-order valence-corrected chi connectivity index (χ1v) is 11.4. The van der Waals surface area contributed by atoms with Crippen molar-refractivity contribution < 1.29 is 22.4 Å². The average molecular weight is 427 g/mol. The largest absolute Gasteiger partial charge is 0.484 e. The van der Waals surface area contributed by atoms with Crippen LogP contribution in [0.4, 0.5) is 0 Å². The molecule has 1 atom stereocenters. The van der Waals surface area contributed by atoms with Crippen molar-refractivity contribution in [3.8, 4) is 16.9 Å². The molecule has 0 aliphatic carbocycles. The summed E-state index contributed by atoms with van der Waals surface area (Å²) in [4.78, 5) is 25.9. The van der Waals surface area contributed by atoms with Gasteiger partial charge in [-0.1, -0.05) is 30.3 Å². The summed E-state index contributed by atoms with van der Waals surface area (Å²) in [5, 5.41) is 0.757. The topological polar surface area (TPSA) is 93.9 Å². The van der Waals surface area contributed by atoms with Crippen LogP contribution in [0.5, 0.6) is 5.75 Å². The van der Waals surface area contributed by atoms with Gasteiger partial charge in [-0.05, 0) is 29.7 Å². The molecule has 30 heavy (non-hydrogen) atoms. The fourth-order valence-corrected chi connectivity index (χ4v) is 5.40. The van der Waals surface area contributed by atoms with E-state index >= 15 is 0 Å². The van der Waals surface area contributed by atoms with Gasteiger partial charge in [0.2, 0.25) is 0 Å². The molecule has 0 spiro atoms. The molecule has 0 saturated carbocycles. The van der Waals surface area contributed by atoms with E-state index in [-0.39, 0.29) is 30.1 Å². The molecule has 8 heteroatoms. The fourth-order valence-electron chi connectivity index (χ4n) is 3.62. The first kappa shape index (κ1) is 20.2. The maximum atomic E-state index is 12.4. The Morgan fingerprint density at radius 3 is 2.63 bits per heavy atom. The summed E-state index contributed by atoms with van der Waals surface area (Å²) in [5.74, 6) is 0.163. The van der Waals surface area contributed by atoms with Crippen molar-refractivity contribution in [3.05, 3.63) is 65.0 Å². The number of carbonyl (C=O) groups excluding carboxylic acids is 1. The van der Waals surface area contributed by atoms with Gasteiger partial charge in [0.05, 0.1) is 11.5 Å². The lowest BCUT2D eigenvalue weighted by molar-refractivity contribution is -0.133. The highest BCUT2D eigenvalue weighted by atomic mass is 32.2. The van der Waals surface area contributed by atoms with E-state index < -0.39 is 15.5 Å². The second kappa shape index (κ2) is 7.95. The van der Waals surface area contributed by atoms with Crippen LogP contribution in [0.2, 0.25) is 0 Å². The minimum atomic E-state index is -3.07. The number of sulfone groups is 1. The number of carbonyl (C=O) groups is 1. The van der Waals surface area contributed by atoms with Gasteiger partial charge in [-0.3, -0.25) is 4.79 Å². The summed E-state index contributed by atoms with van der Waals surface area (Å²) in [6.45, 7) is -0.235. The summed E-state index contributed by atoms with van der Waals surface area (Å²) in [7, 11) is -1.49. The molecule has 1 aliphatic rings. The van der Waals surface area contributed by atoms with Crippen LogP contribution in [0.15, 0.2) is 63.8 Å². The zero-order valence-corrected chi connectivity index (χ0v) is 17.2. The molecule has 4 rings (SSSR count). The molecule has 1 fully saturated rings. The van der Waals surface area contributed by atoms with E-state index in [9.17, 15) is 18.0 Å². The lowest BCUT2D eigenvalue weighted by Gasteiger charge is -2.23. The molecule has 0 radical (unpaired) electrons. The van der Waals surface area contributed by atoms with E-state index in [1.165, 1.54) is 11.0 Å². The maximum Gasteiger partial charge on any atom is 0.336 e. The van der Waals surface area contributed by atoms with E-state index in [1.54, 1.807) is 25.2 Å². The van der Waals surface area contributed by atoms with Crippen molar-refractivity contribution in [2.24, 2.45) is 0 Å². The van der Waals surface area contributed by atoms with Gasteiger partial charge in [-0.25, -0.2) is 13.2 Å². The van der Waals surface area contributed by atoms with Crippen molar-refractivity contribution in [1.82, 2.24) is 4.90 Å². The van der Waals surface area contributed by atoms with Gasteiger partial charge < -0.3 is 14.1 Å². The van der Waals surface area contributed by atoms with Crippen molar-refractivity contribution in [3.63, 3.8) is 0 Å². The van der Waals surface area contributed by atoms with Crippen molar-refractivity contribution in [2.75, 3.05) is 25.2 Å². The van der Waals surface area contributed by atoms with Crippen LogP contribution in [0, 0.1) is 0 Å². The molecule has 1 aromatic heterocycles. The second-order valence-corrected chi connectivity index (χ2v) is 9.58. The Bertz CT molecular complexity index is 1250. The maximum absolute atomic E-state index is 12.4. The zero-order chi connectivity index (χ0) is 21.3. The highest BCUT2D eigenvalue weighted by Gasteiger charge is 2.32. The Labute approximate surface area is 173 Å². The zero-order valence-electron chi connectivity index (χ0n) is 16.4. The van der Waals surface area contributed by atoms with Crippen LogP contribution < -0.4 is 10.4 Å². The van der Waals surface area contributed by atoms with Crippen LogP contribution in [0.1, 0.15) is 6.42 Å². The molecule has 7 nitrogen and oxygen atoms in total. The smallest absolute Gasteiger partial charge is 0.336 e. The summed E-state index contributed by atoms with van der Waals surface area (Å²) in [5.41, 5.74) is 1.54. The molecule has 0 unspecified atom stereocenters. The van der Waals surface area contributed by atoms with Crippen LogP contribution >= 0.6 is 0 Å². The third-order valence-corrected chi connectivity index (χ3v) is 7.06. The SMILES string of the molecule is CN(C(=O)COc1ccc2c(-c3ccccc3)cc(=O)oc2c1)[C@H]1CCS(=O)(=O)C1. The molecule has 0 N–H and O–H groups in total. The average Bonchev–Trinajstić information content (AvgIpc) is 3.10. The van der Waals surface area contributed by atoms with Crippen molar-refractivity contribution >= 4 is 26.7 Å². The van der Waals surface area contributed by atoms with E-state index in [0.29, 0.717) is 17.8 Å². The fraction of sp³-hybridized carbons (Fsp3) is 0.273. The quantitative estimate of drug-likeness (QED) is 0.581. The number of nitrogens with zero attached hydrogens (tertiary/aromatic N) is 1. The van der Waals surface area contributed by atoms with Crippen molar-refractivity contribution in [1.29, 1.82) is 0 Å². The van der Waals surface area contributed by atoms with Gasteiger partial charge in [0, 0.05) is 30.6 Å². The second-order valence-electron chi connectivity index (χ2n) is 7.35. The minimum absolute atomic E-state index is 0.0152. The number of likely N-dealkylation sites (N-methyl/N-ethyl adjacent to an activating group) is 1. The Hall–Kier alpha value is -3.13. The minimum Gasteiger partial charge on any atom is -0.484 e. The van der Waals surface area contributed by atoms with Crippen LogP contribution in [0.3, 0.4) is 0 Å².